The number of nitrogens with zero attached hydrogens (tertiary/aromatic N) is 1. The fourth-order valence-electron chi connectivity index (χ4n) is 1.58. The van der Waals surface area contributed by atoms with Crippen molar-refractivity contribution in [1.29, 1.82) is 0 Å². The molecule has 0 bridgehead atoms. The molecule has 0 aliphatic rings. The number of methoxy groups -OCH3 is 1. The highest BCUT2D eigenvalue weighted by atomic mass is 16.5. The first-order chi connectivity index (χ1) is 8.51. The average Bonchev–Trinajstić information content (AvgIpc) is 2.68. The van der Waals surface area contributed by atoms with Gasteiger partial charge in [-0.05, 0) is 12.8 Å². The van der Waals surface area contributed by atoms with E-state index in [0.717, 1.165) is 0 Å². The monoisotopic (exact) mass is 255 g/mol. The summed E-state index contributed by atoms with van der Waals surface area (Å²) >= 11 is 0. The van der Waals surface area contributed by atoms with E-state index in [1.54, 1.807) is 14.0 Å². The zero-order valence-corrected chi connectivity index (χ0v) is 11.3. The zero-order valence-electron chi connectivity index (χ0n) is 11.3. The summed E-state index contributed by atoms with van der Waals surface area (Å²) in [4.78, 5) is 12.0. The molecule has 1 atom stereocenters. The second-order valence-corrected chi connectivity index (χ2v) is 4.57. The van der Waals surface area contributed by atoms with Crippen molar-refractivity contribution in [2.45, 2.75) is 33.4 Å². The number of hydrogen-bond acceptors (Lipinski definition) is 5. The van der Waals surface area contributed by atoms with Crippen molar-refractivity contribution in [2.75, 3.05) is 13.7 Å². The van der Waals surface area contributed by atoms with Crippen molar-refractivity contribution in [3.8, 4) is 0 Å². The summed E-state index contributed by atoms with van der Waals surface area (Å²) in [6.07, 6.45) is 0. The van der Waals surface area contributed by atoms with Gasteiger partial charge in [-0.25, -0.2) is 0 Å². The molecule has 0 aliphatic heterocycles. The highest BCUT2D eigenvalue weighted by molar-refractivity contribution is 5.93. The van der Waals surface area contributed by atoms with Crippen LogP contribution in [0.4, 0.5) is 0 Å². The van der Waals surface area contributed by atoms with Gasteiger partial charge in [-0.1, -0.05) is 19.0 Å². The minimum absolute atomic E-state index is 0.0699. The molecule has 0 saturated carbocycles. The Kier molecular flexibility index (Phi) is 5.30. The lowest BCUT2D eigenvalue weighted by molar-refractivity contribution is 0.0917. The molecule has 0 fully saturated rings. The van der Waals surface area contributed by atoms with Gasteiger partial charge in [0.05, 0.1) is 0 Å². The lowest BCUT2D eigenvalue weighted by atomic mass is 10.0. The Bertz CT molecular complexity index is 401. The number of ether oxygens (including phenoxy) is 1. The van der Waals surface area contributed by atoms with Gasteiger partial charge in [-0.15, -0.1) is 0 Å². The molecule has 102 valence electrons. The van der Waals surface area contributed by atoms with Gasteiger partial charge in [-0.3, -0.25) is 4.79 Å². The molecule has 1 unspecified atom stereocenters. The lowest BCUT2D eigenvalue weighted by Gasteiger charge is -2.19. The maximum Gasteiger partial charge on any atom is 0.274 e. The smallest absolute Gasteiger partial charge is 0.274 e. The molecule has 3 N–H and O–H groups in total. The first-order valence-corrected chi connectivity index (χ1v) is 5.96. The first kappa shape index (κ1) is 14.7. The Balaban J connectivity index is 2.78. The third kappa shape index (κ3) is 3.30. The minimum Gasteiger partial charge on any atom is -0.377 e. The number of amides is 1. The van der Waals surface area contributed by atoms with Gasteiger partial charge in [0.15, 0.2) is 11.5 Å². The molecular weight excluding hydrogens is 234 g/mol. The van der Waals surface area contributed by atoms with Crippen molar-refractivity contribution < 1.29 is 14.1 Å². The second kappa shape index (κ2) is 6.51. The number of nitrogens with two attached hydrogens (primary N) is 1. The van der Waals surface area contributed by atoms with E-state index in [0.29, 0.717) is 30.2 Å². The molecule has 18 heavy (non-hydrogen) atoms. The third-order valence-electron chi connectivity index (χ3n) is 2.89. The molecule has 6 nitrogen and oxygen atoms in total. The Hall–Kier alpha value is -1.40. The standard InChI is InChI=1S/C12H21N3O3/c1-7(2)9(5-13)14-12(16)11-8(3)10(6-17-4)18-15-11/h7,9H,5-6,13H2,1-4H3,(H,14,16). The van der Waals surface area contributed by atoms with Crippen molar-refractivity contribution in [3.05, 3.63) is 17.0 Å². The maximum absolute atomic E-state index is 12.0. The number of aromatic nitrogens is 1. The van der Waals surface area contributed by atoms with E-state index >= 15 is 0 Å². The van der Waals surface area contributed by atoms with Crippen molar-refractivity contribution >= 4 is 5.91 Å². The summed E-state index contributed by atoms with van der Waals surface area (Å²) in [6.45, 7) is 6.49. The van der Waals surface area contributed by atoms with Gasteiger partial charge in [0.25, 0.3) is 5.91 Å². The van der Waals surface area contributed by atoms with Crippen LogP contribution in [0.1, 0.15) is 35.7 Å². The fraction of sp³-hybridized carbons (Fsp3) is 0.667. The Morgan fingerprint density at radius 1 is 1.56 bits per heavy atom. The van der Waals surface area contributed by atoms with Gasteiger partial charge in [0.1, 0.15) is 6.61 Å². The highest BCUT2D eigenvalue weighted by Gasteiger charge is 2.21. The Morgan fingerprint density at radius 3 is 2.72 bits per heavy atom. The summed E-state index contributed by atoms with van der Waals surface area (Å²) in [5, 5.41) is 6.62. The van der Waals surface area contributed by atoms with Crippen LogP contribution >= 0.6 is 0 Å². The van der Waals surface area contributed by atoms with Crippen LogP contribution in [0.3, 0.4) is 0 Å². The van der Waals surface area contributed by atoms with Crippen molar-refractivity contribution in [3.63, 3.8) is 0 Å². The lowest BCUT2D eigenvalue weighted by Crippen LogP contribution is -2.43. The summed E-state index contributed by atoms with van der Waals surface area (Å²) in [7, 11) is 1.56. The van der Waals surface area contributed by atoms with Crippen LogP contribution in [-0.2, 0) is 11.3 Å². The summed E-state index contributed by atoms with van der Waals surface area (Å²) in [6, 6.07) is -0.0699. The van der Waals surface area contributed by atoms with Crippen molar-refractivity contribution in [1.82, 2.24) is 10.5 Å². The fourth-order valence-corrected chi connectivity index (χ4v) is 1.58. The largest absolute Gasteiger partial charge is 0.377 e. The molecule has 0 spiro atoms. The van der Waals surface area contributed by atoms with E-state index in [-0.39, 0.29) is 17.9 Å². The van der Waals surface area contributed by atoms with Crippen LogP contribution in [0.2, 0.25) is 0 Å². The Morgan fingerprint density at radius 2 is 2.22 bits per heavy atom. The van der Waals surface area contributed by atoms with Gasteiger partial charge in [-0.2, -0.15) is 0 Å². The van der Waals surface area contributed by atoms with E-state index in [9.17, 15) is 4.79 Å². The van der Waals surface area contributed by atoms with Gasteiger partial charge in [0, 0.05) is 25.3 Å². The second-order valence-electron chi connectivity index (χ2n) is 4.57. The topological polar surface area (TPSA) is 90.4 Å². The maximum atomic E-state index is 12.0. The summed E-state index contributed by atoms with van der Waals surface area (Å²) in [5.41, 5.74) is 6.61. The summed E-state index contributed by atoms with van der Waals surface area (Å²) in [5.74, 6) is 0.573. The quantitative estimate of drug-likeness (QED) is 0.786. The van der Waals surface area contributed by atoms with E-state index in [1.807, 2.05) is 13.8 Å². The molecule has 1 amide bonds. The highest BCUT2D eigenvalue weighted by Crippen LogP contribution is 2.14. The molecule has 0 aliphatic carbocycles. The van der Waals surface area contributed by atoms with Crippen LogP contribution in [-0.4, -0.2) is 30.8 Å². The van der Waals surface area contributed by atoms with Gasteiger partial charge >= 0.3 is 0 Å². The third-order valence-corrected chi connectivity index (χ3v) is 2.89. The van der Waals surface area contributed by atoms with Crippen LogP contribution in [0, 0.1) is 12.8 Å². The van der Waals surface area contributed by atoms with Crippen LogP contribution < -0.4 is 11.1 Å². The average molecular weight is 255 g/mol. The number of hydrogen-bond donors (Lipinski definition) is 2. The molecule has 6 heteroatoms. The molecular formula is C12H21N3O3. The zero-order chi connectivity index (χ0) is 13.7. The molecule has 0 radical (unpaired) electrons. The predicted molar refractivity (Wildman–Crippen MR) is 67.1 cm³/mol. The van der Waals surface area contributed by atoms with E-state index in [4.69, 9.17) is 15.0 Å². The van der Waals surface area contributed by atoms with Crippen molar-refractivity contribution in [2.24, 2.45) is 11.7 Å². The molecule has 1 rings (SSSR count). The normalized spacial score (nSPS) is 12.8. The predicted octanol–water partition coefficient (Wildman–Crippen LogP) is 0.843. The van der Waals surface area contributed by atoms with E-state index in [1.165, 1.54) is 0 Å². The number of nitrogens with one attached hydrogen (secondary N) is 1. The van der Waals surface area contributed by atoms with Crippen LogP contribution in [0.25, 0.3) is 0 Å². The van der Waals surface area contributed by atoms with E-state index in [2.05, 4.69) is 10.5 Å². The number of rotatable bonds is 6. The van der Waals surface area contributed by atoms with Gasteiger partial charge < -0.3 is 20.3 Å². The minimum atomic E-state index is -0.261. The van der Waals surface area contributed by atoms with E-state index < -0.39 is 0 Å². The van der Waals surface area contributed by atoms with Gasteiger partial charge in [0.2, 0.25) is 0 Å². The molecule has 0 saturated heterocycles. The van der Waals surface area contributed by atoms with Crippen LogP contribution in [0.15, 0.2) is 4.52 Å². The SMILES string of the molecule is COCc1onc(C(=O)NC(CN)C(C)C)c1C. The number of carbonyl (C=O) groups is 1. The molecule has 1 aromatic heterocycles. The first-order valence-electron chi connectivity index (χ1n) is 5.96. The van der Waals surface area contributed by atoms with Crippen LogP contribution in [0.5, 0.6) is 0 Å². The molecule has 1 aromatic rings. The molecule has 0 aromatic carbocycles. The Labute approximate surface area is 107 Å². The molecule has 1 heterocycles. The number of carbonyl (C=O) groups excluding carboxylic acids is 1. The summed E-state index contributed by atoms with van der Waals surface area (Å²) < 4.78 is 10.0.